The number of nitrogens with one attached hydrogen (secondary N) is 2. The summed E-state index contributed by atoms with van der Waals surface area (Å²) in [5.41, 5.74) is 0.773. The molecular formula is C11H21N3O2S2. The first-order valence-electron chi connectivity index (χ1n) is 6.06. The van der Waals surface area contributed by atoms with Gasteiger partial charge in [-0.05, 0) is 26.8 Å². The van der Waals surface area contributed by atoms with E-state index in [9.17, 15) is 8.42 Å². The monoisotopic (exact) mass is 291 g/mol. The molecule has 0 saturated carbocycles. The van der Waals surface area contributed by atoms with Gasteiger partial charge in [0.05, 0.1) is 22.5 Å². The molecule has 18 heavy (non-hydrogen) atoms. The quantitative estimate of drug-likeness (QED) is 0.707. The zero-order valence-electron chi connectivity index (χ0n) is 11.1. The minimum absolute atomic E-state index is 0.269. The van der Waals surface area contributed by atoms with Gasteiger partial charge in [0, 0.05) is 11.9 Å². The summed E-state index contributed by atoms with van der Waals surface area (Å²) >= 11 is 1.52. The van der Waals surface area contributed by atoms with Crippen molar-refractivity contribution in [3.05, 3.63) is 16.1 Å². The molecule has 0 saturated heterocycles. The van der Waals surface area contributed by atoms with Crippen LogP contribution in [0.3, 0.4) is 0 Å². The molecular weight excluding hydrogens is 270 g/mol. The van der Waals surface area contributed by atoms with E-state index in [0.29, 0.717) is 6.54 Å². The fourth-order valence-corrected chi connectivity index (χ4v) is 2.98. The molecule has 1 heterocycles. The number of thiazole rings is 1. The minimum Gasteiger partial charge on any atom is -0.315 e. The van der Waals surface area contributed by atoms with Crippen LogP contribution in [0.25, 0.3) is 0 Å². The Morgan fingerprint density at radius 1 is 1.50 bits per heavy atom. The first kappa shape index (κ1) is 15.6. The average Bonchev–Trinajstić information content (AvgIpc) is 2.73. The van der Waals surface area contributed by atoms with Crippen molar-refractivity contribution >= 4 is 21.4 Å². The Bertz CT molecular complexity index is 457. The molecule has 7 heteroatoms. The lowest BCUT2D eigenvalue weighted by molar-refractivity contribution is 0.556. The van der Waals surface area contributed by atoms with Gasteiger partial charge < -0.3 is 5.32 Å². The van der Waals surface area contributed by atoms with E-state index in [2.05, 4.69) is 21.9 Å². The number of sulfonamides is 1. The van der Waals surface area contributed by atoms with Crippen LogP contribution in [0.1, 0.15) is 31.0 Å². The van der Waals surface area contributed by atoms with Crippen LogP contribution >= 0.6 is 11.3 Å². The van der Waals surface area contributed by atoms with Crippen LogP contribution in [0.4, 0.5) is 0 Å². The molecule has 0 fully saturated rings. The smallest absolute Gasteiger partial charge is 0.215 e. The Morgan fingerprint density at radius 3 is 2.78 bits per heavy atom. The second kappa shape index (κ2) is 7.18. The third kappa shape index (κ3) is 5.01. The van der Waals surface area contributed by atoms with Crippen LogP contribution in [-0.2, 0) is 16.6 Å². The molecule has 5 nitrogen and oxygen atoms in total. The van der Waals surface area contributed by atoms with Gasteiger partial charge in [-0.1, -0.05) is 6.92 Å². The summed E-state index contributed by atoms with van der Waals surface area (Å²) in [4.78, 5) is 4.22. The lowest BCUT2D eigenvalue weighted by atomic mass is 10.4. The Labute approximate surface area is 113 Å². The normalized spacial score (nSPS) is 13.7. The summed E-state index contributed by atoms with van der Waals surface area (Å²) in [7, 11) is -3.28. The van der Waals surface area contributed by atoms with Crippen molar-refractivity contribution in [2.75, 3.05) is 13.1 Å². The zero-order chi connectivity index (χ0) is 13.6. The Balaban J connectivity index is 2.43. The summed E-state index contributed by atoms with van der Waals surface area (Å²) in [5.74, 6) is 0. The van der Waals surface area contributed by atoms with Crippen molar-refractivity contribution < 1.29 is 8.42 Å². The SMILES string of the molecule is CCCNCC(C)S(=O)(=O)NCc1csc(C)n1. The highest BCUT2D eigenvalue weighted by molar-refractivity contribution is 7.90. The molecule has 104 valence electrons. The average molecular weight is 291 g/mol. The van der Waals surface area contributed by atoms with Gasteiger partial charge in [0.2, 0.25) is 10.0 Å². The highest BCUT2D eigenvalue weighted by Crippen LogP contribution is 2.08. The lowest BCUT2D eigenvalue weighted by Gasteiger charge is -2.13. The molecule has 0 amide bonds. The van der Waals surface area contributed by atoms with E-state index in [1.165, 1.54) is 11.3 Å². The number of aromatic nitrogens is 1. The van der Waals surface area contributed by atoms with Gasteiger partial charge in [0.1, 0.15) is 0 Å². The maximum atomic E-state index is 11.9. The van der Waals surface area contributed by atoms with Gasteiger partial charge in [-0.2, -0.15) is 0 Å². The van der Waals surface area contributed by atoms with Crippen molar-refractivity contribution in [1.29, 1.82) is 0 Å². The van der Waals surface area contributed by atoms with Gasteiger partial charge >= 0.3 is 0 Å². The van der Waals surface area contributed by atoms with Gasteiger partial charge in [0.15, 0.2) is 0 Å². The van der Waals surface area contributed by atoms with E-state index < -0.39 is 15.3 Å². The molecule has 0 aliphatic rings. The Kier molecular flexibility index (Phi) is 6.20. The molecule has 1 aromatic heterocycles. The van der Waals surface area contributed by atoms with E-state index in [0.717, 1.165) is 23.7 Å². The molecule has 1 atom stereocenters. The van der Waals surface area contributed by atoms with Crippen LogP contribution < -0.4 is 10.0 Å². The van der Waals surface area contributed by atoms with Gasteiger partial charge in [-0.25, -0.2) is 18.1 Å². The van der Waals surface area contributed by atoms with E-state index in [4.69, 9.17) is 0 Å². The topological polar surface area (TPSA) is 71.1 Å². The highest BCUT2D eigenvalue weighted by atomic mass is 32.2. The van der Waals surface area contributed by atoms with Gasteiger partial charge in [0.25, 0.3) is 0 Å². The van der Waals surface area contributed by atoms with Crippen LogP contribution in [0.15, 0.2) is 5.38 Å². The van der Waals surface area contributed by atoms with Crippen LogP contribution in [0, 0.1) is 6.92 Å². The third-order valence-electron chi connectivity index (χ3n) is 2.51. The Hall–Kier alpha value is -0.500. The van der Waals surface area contributed by atoms with E-state index >= 15 is 0 Å². The summed E-state index contributed by atoms with van der Waals surface area (Å²) in [6.07, 6.45) is 0.998. The summed E-state index contributed by atoms with van der Waals surface area (Å²) in [5, 5.41) is 5.49. The lowest BCUT2D eigenvalue weighted by Crippen LogP contribution is -2.38. The molecule has 0 aromatic carbocycles. The standard InChI is InChI=1S/C11H21N3O2S2/c1-4-5-12-6-9(2)18(15,16)13-7-11-8-17-10(3)14-11/h8-9,12-13H,4-7H2,1-3H3. The maximum absolute atomic E-state index is 11.9. The third-order valence-corrected chi connectivity index (χ3v) is 5.10. The molecule has 1 unspecified atom stereocenters. The van der Waals surface area contributed by atoms with E-state index in [1.807, 2.05) is 12.3 Å². The second-order valence-corrected chi connectivity index (χ2v) is 7.48. The van der Waals surface area contributed by atoms with Crippen LogP contribution in [-0.4, -0.2) is 31.7 Å². The minimum atomic E-state index is -3.28. The largest absolute Gasteiger partial charge is 0.315 e. The fourth-order valence-electron chi connectivity index (χ4n) is 1.40. The fraction of sp³-hybridized carbons (Fsp3) is 0.727. The van der Waals surface area contributed by atoms with Crippen molar-refractivity contribution in [2.24, 2.45) is 0 Å². The molecule has 0 aliphatic heterocycles. The number of nitrogens with zero attached hydrogens (tertiary/aromatic N) is 1. The van der Waals surface area contributed by atoms with Crippen molar-refractivity contribution in [3.8, 4) is 0 Å². The predicted octanol–water partition coefficient (Wildman–Crippen LogP) is 1.26. The molecule has 2 N–H and O–H groups in total. The van der Waals surface area contributed by atoms with Crippen molar-refractivity contribution in [2.45, 2.75) is 39.0 Å². The first-order chi connectivity index (χ1) is 8.45. The highest BCUT2D eigenvalue weighted by Gasteiger charge is 2.19. The maximum Gasteiger partial charge on any atom is 0.215 e. The Morgan fingerprint density at radius 2 is 2.22 bits per heavy atom. The number of aryl methyl sites for hydroxylation is 1. The molecule has 0 spiro atoms. The van der Waals surface area contributed by atoms with Crippen LogP contribution in [0.2, 0.25) is 0 Å². The number of hydrogen-bond donors (Lipinski definition) is 2. The van der Waals surface area contributed by atoms with Gasteiger partial charge in [-0.15, -0.1) is 11.3 Å². The predicted molar refractivity (Wildman–Crippen MR) is 75.2 cm³/mol. The zero-order valence-corrected chi connectivity index (χ0v) is 12.7. The second-order valence-electron chi connectivity index (χ2n) is 4.24. The molecule has 0 bridgehead atoms. The van der Waals surface area contributed by atoms with E-state index in [-0.39, 0.29) is 6.54 Å². The van der Waals surface area contributed by atoms with Crippen molar-refractivity contribution in [1.82, 2.24) is 15.0 Å². The summed E-state index contributed by atoms with van der Waals surface area (Å²) in [6.45, 7) is 7.24. The first-order valence-corrected chi connectivity index (χ1v) is 8.48. The summed E-state index contributed by atoms with van der Waals surface area (Å²) < 4.78 is 26.5. The van der Waals surface area contributed by atoms with Gasteiger partial charge in [-0.3, -0.25) is 0 Å². The van der Waals surface area contributed by atoms with E-state index in [1.54, 1.807) is 6.92 Å². The molecule has 0 aliphatic carbocycles. The molecule has 0 radical (unpaired) electrons. The number of hydrogen-bond acceptors (Lipinski definition) is 5. The molecule has 1 rings (SSSR count). The molecule has 1 aromatic rings. The van der Waals surface area contributed by atoms with Crippen molar-refractivity contribution in [3.63, 3.8) is 0 Å². The number of rotatable bonds is 8. The summed E-state index contributed by atoms with van der Waals surface area (Å²) in [6, 6.07) is 0. The van der Waals surface area contributed by atoms with Crippen LogP contribution in [0.5, 0.6) is 0 Å².